The molecule has 0 heterocycles. The van der Waals surface area contributed by atoms with E-state index >= 15 is 0 Å². The molecule has 0 saturated carbocycles. The monoisotopic (exact) mass is 408 g/mol. The first-order valence-electron chi connectivity index (χ1n) is 9.68. The van der Waals surface area contributed by atoms with Crippen molar-refractivity contribution in [2.45, 2.75) is 12.8 Å². The second-order valence-electron chi connectivity index (χ2n) is 6.77. The van der Waals surface area contributed by atoms with Crippen LogP contribution in [0.5, 0.6) is 0 Å². The fraction of sp³-hybridized carbons (Fsp3) is 0.167. The Bertz CT molecular complexity index is 937. The van der Waals surface area contributed by atoms with Gasteiger partial charge in [-0.1, -0.05) is 36.4 Å². The quantitative estimate of drug-likeness (QED) is 0.594. The van der Waals surface area contributed by atoms with Crippen LogP contribution in [0.15, 0.2) is 72.8 Å². The molecule has 0 spiro atoms. The van der Waals surface area contributed by atoms with Gasteiger partial charge >= 0.3 is 0 Å². The molecule has 6 heteroatoms. The van der Waals surface area contributed by atoms with Crippen LogP contribution in [-0.2, 0) is 12.8 Å². The Hall–Kier alpha value is -3.54. The summed E-state index contributed by atoms with van der Waals surface area (Å²) >= 11 is 0. The molecule has 0 unspecified atom stereocenters. The first-order chi connectivity index (χ1) is 14.5. The molecule has 4 nitrogen and oxygen atoms in total. The summed E-state index contributed by atoms with van der Waals surface area (Å²) in [6, 6.07) is 19.1. The van der Waals surface area contributed by atoms with Gasteiger partial charge < -0.3 is 10.6 Å². The van der Waals surface area contributed by atoms with E-state index in [1.807, 2.05) is 0 Å². The van der Waals surface area contributed by atoms with Crippen molar-refractivity contribution in [3.05, 3.63) is 107 Å². The Morgan fingerprint density at radius 1 is 0.600 bits per heavy atom. The third kappa shape index (κ3) is 5.73. The van der Waals surface area contributed by atoms with Gasteiger partial charge in [0.15, 0.2) is 0 Å². The van der Waals surface area contributed by atoms with Crippen LogP contribution in [0.2, 0.25) is 0 Å². The Morgan fingerprint density at radius 2 is 0.967 bits per heavy atom. The molecule has 2 N–H and O–H groups in total. The molecule has 2 amide bonds. The topological polar surface area (TPSA) is 58.2 Å². The second kappa shape index (κ2) is 10.3. The maximum atomic E-state index is 13.6. The highest BCUT2D eigenvalue weighted by Gasteiger charge is 2.10. The molecule has 3 rings (SSSR count). The zero-order valence-corrected chi connectivity index (χ0v) is 16.3. The molecule has 0 aliphatic rings. The van der Waals surface area contributed by atoms with Crippen molar-refractivity contribution < 1.29 is 18.4 Å². The van der Waals surface area contributed by atoms with Crippen LogP contribution in [0.3, 0.4) is 0 Å². The van der Waals surface area contributed by atoms with E-state index in [1.165, 1.54) is 12.1 Å². The van der Waals surface area contributed by atoms with Crippen LogP contribution in [0, 0.1) is 11.6 Å². The third-order valence-corrected chi connectivity index (χ3v) is 4.68. The highest BCUT2D eigenvalue weighted by atomic mass is 19.1. The number of carbonyl (C=O) groups is 2. The zero-order valence-electron chi connectivity index (χ0n) is 16.3. The highest BCUT2D eigenvalue weighted by Crippen LogP contribution is 2.09. The van der Waals surface area contributed by atoms with Crippen molar-refractivity contribution in [3.8, 4) is 0 Å². The average Bonchev–Trinajstić information content (AvgIpc) is 2.76. The summed E-state index contributed by atoms with van der Waals surface area (Å²) in [6.07, 6.45) is 0.780. The van der Waals surface area contributed by atoms with Crippen molar-refractivity contribution in [1.82, 2.24) is 10.6 Å². The molecule has 0 radical (unpaired) electrons. The van der Waals surface area contributed by atoms with Crippen molar-refractivity contribution in [2.24, 2.45) is 0 Å². The number of rotatable bonds is 8. The van der Waals surface area contributed by atoms with E-state index in [1.54, 1.807) is 60.7 Å². The Kier molecular flexibility index (Phi) is 7.27. The first-order valence-corrected chi connectivity index (χ1v) is 9.68. The number of hydrogen-bond acceptors (Lipinski definition) is 2. The Morgan fingerprint density at radius 3 is 1.33 bits per heavy atom. The van der Waals surface area contributed by atoms with E-state index in [4.69, 9.17) is 0 Å². The minimum absolute atomic E-state index is 0.294. The lowest BCUT2D eigenvalue weighted by molar-refractivity contribution is 0.0942. The molecule has 3 aromatic carbocycles. The molecular formula is C24H22F2N2O2. The summed E-state index contributed by atoms with van der Waals surface area (Å²) in [6.45, 7) is 0.607. The predicted molar refractivity (Wildman–Crippen MR) is 111 cm³/mol. The maximum absolute atomic E-state index is 13.6. The highest BCUT2D eigenvalue weighted by molar-refractivity contribution is 5.97. The molecule has 0 atom stereocenters. The van der Waals surface area contributed by atoms with Crippen LogP contribution in [0.4, 0.5) is 8.78 Å². The van der Waals surface area contributed by atoms with E-state index in [9.17, 15) is 18.4 Å². The smallest absolute Gasteiger partial charge is 0.251 e. The van der Waals surface area contributed by atoms with Gasteiger partial charge in [-0.25, -0.2) is 8.78 Å². The van der Waals surface area contributed by atoms with E-state index in [0.717, 1.165) is 0 Å². The second-order valence-corrected chi connectivity index (χ2v) is 6.77. The minimum atomic E-state index is -0.294. The van der Waals surface area contributed by atoms with Gasteiger partial charge in [-0.15, -0.1) is 0 Å². The third-order valence-electron chi connectivity index (χ3n) is 4.68. The Balaban J connectivity index is 1.46. The van der Waals surface area contributed by atoms with E-state index in [2.05, 4.69) is 10.6 Å². The number of amides is 2. The van der Waals surface area contributed by atoms with Gasteiger partial charge in [-0.05, 0) is 60.4 Å². The normalized spacial score (nSPS) is 10.5. The van der Waals surface area contributed by atoms with E-state index in [0.29, 0.717) is 48.2 Å². The number of carbonyl (C=O) groups excluding carboxylic acids is 2. The largest absolute Gasteiger partial charge is 0.352 e. The van der Waals surface area contributed by atoms with Crippen molar-refractivity contribution in [1.29, 1.82) is 0 Å². The summed E-state index contributed by atoms with van der Waals surface area (Å²) in [4.78, 5) is 24.4. The number of nitrogens with one attached hydrogen (secondary N) is 2. The molecular weight excluding hydrogens is 386 g/mol. The summed E-state index contributed by atoms with van der Waals surface area (Å²) in [5.74, 6) is -1.18. The lowest BCUT2D eigenvalue weighted by Crippen LogP contribution is -2.27. The van der Waals surface area contributed by atoms with Gasteiger partial charge in [0.25, 0.3) is 11.8 Å². The molecule has 0 aromatic heterocycles. The van der Waals surface area contributed by atoms with Gasteiger partial charge in [0.2, 0.25) is 0 Å². The zero-order chi connectivity index (χ0) is 21.3. The molecule has 0 fully saturated rings. The molecule has 3 aromatic rings. The minimum Gasteiger partial charge on any atom is -0.352 e. The summed E-state index contributed by atoms with van der Waals surface area (Å²) in [5.41, 5.74) is 1.90. The van der Waals surface area contributed by atoms with Gasteiger partial charge in [0.1, 0.15) is 11.6 Å². The molecule has 30 heavy (non-hydrogen) atoms. The average molecular weight is 408 g/mol. The van der Waals surface area contributed by atoms with Crippen LogP contribution in [0.1, 0.15) is 31.8 Å². The van der Waals surface area contributed by atoms with Gasteiger partial charge in [-0.3, -0.25) is 9.59 Å². The summed E-state index contributed by atoms with van der Waals surface area (Å²) in [5, 5.41) is 5.48. The Labute approximate surface area is 173 Å². The molecule has 0 aliphatic heterocycles. The standard InChI is InChI=1S/C24H22F2N2O2/c25-21-7-3-1-5-17(21)13-15-27-23(29)19-9-11-20(12-10-19)24(30)28-16-14-18-6-2-4-8-22(18)26/h1-12H,13-16H2,(H,27,29)(H,28,30). The van der Waals surface area contributed by atoms with Crippen LogP contribution in [-0.4, -0.2) is 24.9 Å². The van der Waals surface area contributed by atoms with Crippen molar-refractivity contribution in [3.63, 3.8) is 0 Å². The van der Waals surface area contributed by atoms with Gasteiger partial charge in [-0.2, -0.15) is 0 Å². The van der Waals surface area contributed by atoms with Crippen molar-refractivity contribution >= 4 is 11.8 Å². The SMILES string of the molecule is O=C(NCCc1ccccc1F)c1ccc(C(=O)NCCc2ccccc2F)cc1. The molecule has 0 bridgehead atoms. The summed E-state index contributed by atoms with van der Waals surface area (Å²) in [7, 11) is 0. The van der Waals surface area contributed by atoms with Gasteiger partial charge in [0.05, 0.1) is 0 Å². The van der Waals surface area contributed by atoms with Crippen LogP contribution >= 0.6 is 0 Å². The predicted octanol–water partition coefficient (Wildman–Crippen LogP) is 3.91. The van der Waals surface area contributed by atoms with Crippen molar-refractivity contribution in [2.75, 3.05) is 13.1 Å². The van der Waals surface area contributed by atoms with E-state index in [-0.39, 0.29) is 23.4 Å². The fourth-order valence-electron chi connectivity index (χ4n) is 3.00. The van der Waals surface area contributed by atoms with Gasteiger partial charge in [0, 0.05) is 24.2 Å². The molecule has 154 valence electrons. The molecule has 0 saturated heterocycles. The lowest BCUT2D eigenvalue weighted by atomic mass is 10.1. The maximum Gasteiger partial charge on any atom is 0.251 e. The first kappa shape index (κ1) is 21.2. The number of halogens is 2. The number of hydrogen-bond donors (Lipinski definition) is 2. The summed E-state index contributed by atoms with van der Waals surface area (Å²) < 4.78 is 27.2. The fourth-order valence-corrected chi connectivity index (χ4v) is 3.00. The lowest BCUT2D eigenvalue weighted by Gasteiger charge is -2.08. The molecule has 0 aliphatic carbocycles. The van der Waals surface area contributed by atoms with Crippen LogP contribution < -0.4 is 10.6 Å². The number of benzene rings is 3. The van der Waals surface area contributed by atoms with Crippen LogP contribution in [0.25, 0.3) is 0 Å². The van der Waals surface area contributed by atoms with E-state index < -0.39 is 0 Å².